The van der Waals surface area contributed by atoms with E-state index in [4.69, 9.17) is 11.6 Å². The van der Waals surface area contributed by atoms with Crippen molar-refractivity contribution in [1.29, 1.82) is 0 Å². The number of sulfonamides is 1. The van der Waals surface area contributed by atoms with Crippen LogP contribution < -0.4 is 4.72 Å². The van der Waals surface area contributed by atoms with E-state index in [9.17, 15) is 21.2 Å². The van der Waals surface area contributed by atoms with Gasteiger partial charge >= 0.3 is 0 Å². The van der Waals surface area contributed by atoms with Crippen molar-refractivity contribution in [3.8, 4) is 0 Å². The van der Waals surface area contributed by atoms with Gasteiger partial charge in [-0.25, -0.2) is 25.9 Å². The van der Waals surface area contributed by atoms with Crippen LogP contribution in [0.5, 0.6) is 0 Å². The highest BCUT2D eigenvalue weighted by atomic mass is 35.5. The summed E-state index contributed by atoms with van der Waals surface area (Å²) in [6.45, 7) is 1.52. The van der Waals surface area contributed by atoms with Gasteiger partial charge < -0.3 is 0 Å². The largest absolute Gasteiger partial charge is 0.242 e. The molecular formula is C11H13ClFNO4S2. The number of rotatable bonds is 3. The standard InChI is InChI=1S/C11H13ClFNO4S2/c1-11(4-5-19(15,16)7-11)14-20(17,18)10-3-2-8(13)6-9(10)12/h2-3,6,14H,4-5,7H2,1H3. The van der Waals surface area contributed by atoms with E-state index in [1.807, 2.05) is 0 Å². The van der Waals surface area contributed by atoms with E-state index in [1.54, 1.807) is 0 Å². The molecule has 1 N–H and O–H groups in total. The van der Waals surface area contributed by atoms with Crippen LogP contribution in [0.2, 0.25) is 5.02 Å². The zero-order valence-corrected chi connectivity index (χ0v) is 12.9. The van der Waals surface area contributed by atoms with Gasteiger partial charge in [-0.1, -0.05) is 11.6 Å². The molecule has 0 aliphatic carbocycles. The van der Waals surface area contributed by atoms with E-state index >= 15 is 0 Å². The van der Waals surface area contributed by atoms with Gasteiger partial charge in [0.15, 0.2) is 9.84 Å². The van der Waals surface area contributed by atoms with Crippen molar-refractivity contribution in [2.24, 2.45) is 0 Å². The molecule has 0 aromatic heterocycles. The minimum absolute atomic E-state index is 0.0663. The van der Waals surface area contributed by atoms with Crippen molar-refractivity contribution in [2.45, 2.75) is 23.8 Å². The maximum Gasteiger partial charge on any atom is 0.242 e. The quantitative estimate of drug-likeness (QED) is 0.899. The fraction of sp³-hybridized carbons (Fsp3) is 0.455. The van der Waals surface area contributed by atoms with Crippen LogP contribution in [0.15, 0.2) is 23.1 Å². The summed E-state index contributed by atoms with van der Waals surface area (Å²) >= 11 is 5.72. The van der Waals surface area contributed by atoms with Crippen LogP contribution in [0.4, 0.5) is 4.39 Å². The Morgan fingerprint density at radius 3 is 2.55 bits per heavy atom. The second-order valence-corrected chi connectivity index (χ2v) is 9.33. The van der Waals surface area contributed by atoms with E-state index in [1.165, 1.54) is 6.92 Å². The Hall–Kier alpha value is -0.700. The molecule has 1 saturated heterocycles. The first-order valence-electron chi connectivity index (χ1n) is 5.73. The first kappa shape index (κ1) is 15.7. The van der Waals surface area contributed by atoms with Crippen molar-refractivity contribution >= 4 is 31.5 Å². The maximum atomic E-state index is 12.9. The molecule has 0 spiro atoms. The van der Waals surface area contributed by atoms with Gasteiger partial charge in [-0.2, -0.15) is 0 Å². The molecule has 1 atom stereocenters. The Labute approximate surface area is 122 Å². The molecule has 20 heavy (non-hydrogen) atoms. The number of halogens is 2. The minimum atomic E-state index is -4.01. The van der Waals surface area contributed by atoms with Gasteiger partial charge in [-0.3, -0.25) is 0 Å². The summed E-state index contributed by atoms with van der Waals surface area (Å²) in [5.41, 5.74) is -1.07. The van der Waals surface area contributed by atoms with Crippen LogP contribution in [0, 0.1) is 5.82 Å². The molecule has 2 rings (SSSR count). The molecule has 1 unspecified atom stereocenters. The lowest BCUT2D eigenvalue weighted by Crippen LogP contribution is -2.46. The van der Waals surface area contributed by atoms with Crippen molar-refractivity contribution in [1.82, 2.24) is 4.72 Å². The first-order valence-corrected chi connectivity index (χ1v) is 9.41. The molecule has 0 amide bonds. The lowest BCUT2D eigenvalue weighted by atomic mass is 10.0. The summed E-state index contributed by atoms with van der Waals surface area (Å²) < 4.78 is 62.7. The van der Waals surface area contributed by atoms with Gasteiger partial charge in [0.2, 0.25) is 10.0 Å². The number of benzene rings is 1. The number of nitrogens with one attached hydrogen (secondary N) is 1. The van der Waals surface area contributed by atoms with Crippen LogP contribution in [0.1, 0.15) is 13.3 Å². The van der Waals surface area contributed by atoms with E-state index < -0.39 is 31.2 Å². The topological polar surface area (TPSA) is 80.3 Å². The highest BCUT2D eigenvalue weighted by Gasteiger charge is 2.41. The number of hydrogen-bond donors (Lipinski definition) is 1. The molecule has 1 aliphatic rings. The highest BCUT2D eigenvalue weighted by Crippen LogP contribution is 2.28. The molecule has 1 fully saturated rings. The minimum Gasteiger partial charge on any atom is -0.229 e. The predicted molar refractivity (Wildman–Crippen MR) is 73.4 cm³/mol. The molecule has 9 heteroatoms. The molecule has 0 saturated carbocycles. The van der Waals surface area contributed by atoms with E-state index in [0.717, 1.165) is 18.2 Å². The molecular weight excluding hydrogens is 329 g/mol. The van der Waals surface area contributed by atoms with Gasteiger partial charge in [0, 0.05) is 5.54 Å². The summed E-state index contributed by atoms with van der Waals surface area (Å²) in [4.78, 5) is -0.272. The second-order valence-electron chi connectivity index (χ2n) is 5.08. The monoisotopic (exact) mass is 341 g/mol. The lowest BCUT2D eigenvalue weighted by molar-refractivity contribution is 0.462. The predicted octanol–water partition coefficient (Wildman–Crippen LogP) is 1.33. The Morgan fingerprint density at radius 1 is 1.40 bits per heavy atom. The van der Waals surface area contributed by atoms with Gasteiger partial charge in [-0.05, 0) is 31.5 Å². The third-order valence-electron chi connectivity index (χ3n) is 3.07. The fourth-order valence-electron chi connectivity index (χ4n) is 2.16. The van der Waals surface area contributed by atoms with Gasteiger partial charge in [0.05, 0.1) is 16.5 Å². The Kier molecular flexibility index (Phi) is 3.87. The SMILES string of the molecule is CC1(NS(=O)(=O)c2ccc(F)cc2Cl)CCS(=O)(=O)C1. The van der Waals surface area contributed by atoms with Crippen molar-refractivity contribution in [3.05, 3.63) is 29.0 Å². The maximum absolute atomic E-state index is 12.9. The summed E-state index contributed by atoms with van der Waals surface area (Å²) in [7, 11) is -7.26. The van der Waals surface area contributed by atoms with Gasteiger partial charge in [0.1, 0.15) is 10.7 Å². The van der Waals surface area contributed by atoms with E-state index in [0.29, 0.717) is 0 Å². The lowest BCUT2D eigenvalue weighted by Gasteiger charge is -2.23. The summed E-state index contributed by atoms with van der Waals surface area (Å²) in [5.74, 6) is -0.982. The van der Waals surface area contributed by atoms with Gasteiger partial charge in [-0.15, -0.1) is 0 Å². The molecule has 1 aromatic rings. The van der Waals surface area contributed by atoms with Gasteiger partial charge in [0.25, 0.3) is 0 Å². The molecule has 5 nitrogen and oxygen atoms in total. The molecule has 0 bridgehead atoms. The summed E-state index contributed by atoms with van der Waals surface area (Å²) in [6.07, 6.45) is 0.188. The summed E-state index contributed by atoms with van der Waals surface area (Å²) in [5, 5.41) is -0.248. The van der Waals surface area contributed by atoms with Crippen molar-refractivity contribution in [3.63, 3.8) is 0 Å². The average Bonchev–Trinajstić information content (AvgIpc) is 2.50. The Bertz CT molecular complexity index is 748. The molecule has 1 aromatic carbocycles. The highest BCUT2D eigenvalue weighted by molar-refractivity contribution is 7.92. The third kappa shape index (κ3) is 3.30. The van der Waals surface area contributed by atoms with Crippen LogP contribution in [0.25, 0.3) is 0 Å². The van der Waals surface area contributed by atoms with E-state index in [2.05, 4.69) is 4.72 Å². The molecule has 1 heterocycles. The normalized spacial score (nSPS) is 25.8. The average molecular weight is 342 g/mol. The number of sulfone groups is 1. The zero-order valence-electron chi connectivity index (χ0n) is 10.6. The van der Waals surface area contributed by atoms with Crippen LogP contribution >= 0.6 is 11.6 Å². The molecule has 112 valence electrons. The van der Waals surface area contributed by atoms with Crippen molar-refractivity contribution < 1.29 is 21.2 Å². The Morgan fingerprint density at radius 2 is 2.05 bits per heavy atom. The van der Waals surface area contributed by atoms with Crippen LogP contribution in [-0.4, -0.2) is 33.9 Å². The molecule has 1 aliphatic heterocycles. The number of hydrogen-bond acceptors (Lipinski definition) is 4. The van der Waals surface area contributed by atoms with E-state index in [-0.39, 0.29) is 27.8 Å². The first-order chi connectivity index (χ1) is 9.03. The zero-order chi connectivity index (χ0) is 15.2. The second kappa shape index (κ2) is 4.94. The summed E-state index contributed by atoms with van der Waals surface area (Å²) in [6, 6.07) is 2.92. The van der Waals surface area contributed by atoms with Crippen molar-refractivity contribution in [2.75, 3.05) is 11.5 Å². The Balaban J connectivity index is 2.33. The van der Waals surface area contributed by atoms with Crippen LogP contribution in [0.3, 0.4) is 0 Å². The molecule has 0 radical (unpaired) electrons. The smallest absolute Gasteiger partial charge is 0.229 e. The van der Waals surface area contributed by atoms with Crippen LogP contribution in [-0.2, 0) is 19.9 Å². The third-order valence-corrected chi connectivity index (χ3v) is 7.09. The fourth-order valence-corrected chi connectivity index (χ4v) is 6.32.